The summed E-state index contributed by atoms with van der Waals surface area (Å²) in [7, 11) is 0. The van der Waals surface area contributed by atoms with Crippen molar-refractivity contribution in [2.75, 3.05) is 26.2 Å². The van der Waals surface area contributed by atoms with Crippen LogP contribution in [-0.2, 0) is 13.0 Å². The summed E-state index contributed by atoms with van der Waals surface area (Å²) in [5.41, 5.74) is 3.48. The predicted octanol–water partition coefficient (Wildman–Crippen LogP) is 5.38. The van der Waals surface area contributed by atoms with Crippen molar-refractivity contribution in [3.8, 4) is 0 Å². The van der Waals surface area contributed by atoms with E-state index >= 15 is 0 Å². The van der Waals surface area contributed by atoms with E-state index in [0.717, 1.165) is 51.0 Å². The van der Waals surface area contributed by atoms with Gasteiger partial charge in [0.25, 0.3) is 5.91 Å². The number of aromatic amines is 1. The second-order valence-electron chi connectivity index (χ2n) is 8.79. The number of halogens is 2. The maximum atomic E-state index is 13.5. The van der Waals surface area contributed by atoms with Crippen molar-refractivity contribution >= 4 is 16.8 Å². The normalized spacial score (nSPS) is 17.1. The molecule has 4 rings (SSSR count). The molecule has 32 heavy (non-hydrogen) atoms. The fraction of sp³-hybridized carbons (Fsp3) is 0.423. The number of amides is 1. The zero-order valence-electron chi connectivity index (χ0n) is 18.8. The van der Waals surface area contributed by atoms with Gasteiger partial charge in [-0.3, -0.25) is 9.69 Å². The molecule has 1 aliphatic heterocycles. The zero-order valence-corrected chi connectivity index (χ0v) is 18.8. The molecule has 0 saturated carbocycles. The van der Waals surface area contributed by atoms with Gasteiger partial charge in [-0.05, 0) is 61.9 Å². The Balaban J connectivity index is 1.40. The van der Waals surface area contributed by atoms with Crippen LogP contribution in [0.25, 0.3) is 10.9 Å². The average Bonchev–Trinajstić information content (AvgIpc) is 3.20. The highest BCUT2D eigenvalue weighted by molar-refractivity contribution is 5.98. The molecular formula is C26H31F2N3O. The molecule has 1 saturated heterocycles. The lowest BCUT2D eigenvalue weighted by Gasteiger charge is -2.35. The lowest BCUT2D eigenvalue weighted by molar-refractivity contribution is 0.0680. The lowest BCUT2D eigenvalue weighted by Crippen LogP contribution is -2.42. The Hall–Kier alpha value is -2.73. The molecule has 0 aliphatic carbocycles. The summed E-state index contributed by atoms with van der Waals surface area (Å²) in [6.45, 7) is 8.37. The monoisotopic (exact) mass is 439 g/mol. The van der Waals surface area contributed by atoms with Crippen LogP contribution >= 0.6 is 0 Å². The van der Waals surface area contributed by atoms with E-state index in [1.54, 1.807) is 6.07 Å². The number of likely N-dealkylation sites (tertiary alicyclic amines) is 1. The standard InChI is InChI=1S/C26H31F2N3O/c1-3-18-7-9-19(10-8-18)15-30-11-5-6-20(16-30)17-31(4-2)26(32)25-13-21-12-22(27)23(28)14-24(21)29-25/h7-10,12-14,20,29H,3-6,11,15-17H2,1-2H3. The number of nitrogens with zero attached hydrogens (tertiary/aromatic N) is 2. The smallest absolute Gasteiger partial charge is 0.270 e. The van der Waals surface area contributed by atoms with E-state index in [0.29, 0.717) is 35.6 Å². The lowest BCUT2D eigenvalue weighted by atomic mass is 9.96. The molecule has 1 atom stereocenters. The van der Waals surface area contributed by atoms with E-state index in [1.807, 2.05) is 11.8 Å². The van der Waals surface area contributed by atoms with Gasteiger partial charge in [0.05, 0.1) is 0 Å². The largest absolute Gasteiger partial charge is 0.350 e. The maximum absolute atomic E-state index is 13.5. The molecular weight excluding hydrogens is 408 g/mol. The highest BCUT2D eigenvalue weighted by atomic mass is 19.2. The van der Waals surface area contributed by atoms with Crippen LogP contribution in [0.5, 0.6) is 0 Å². The number of benzene rings is 2. The molecule has 1 N–H and O–H groups in total. The summed E-state index contributed by atoms with van der Waals surface area (Å²) in [5, 5.41) is 0.501. The van der Waals surface area contributed by atoms with Crippen molar-refractivity contribution in [3.05, 3.63) is 70.9 Å². The number of carbonyl (C=O) groups excluding carboxylic acids is 1. The van der Waals surface area contributed by atoms with Gasteiger partial charge in [-0.1, -0.05) is 31.2 Å². The van der Waals surface area contributed by atoms with Crippen molar-refractivity contribution in [1.82, 2.24) is 14.8 Å². The number of piperidine rings is 1. The maximum Gasteiger partial charge on any atom is 0.270 e. The van der Waals surface area contributed by atoms with Crippen LogP contribution in [-0.4, -0.2) is 46.9 Å². The third-order valence-electron chi connectivity index (χ3n) is 6.48. The third-order valence-corrected chi connectivity index (χ3v) is 6.48. The van der Waals surface area contributed by atoms with Crippen molar-refractivity contribution in [2.45, 2.75) is 39.7 Å². The van der Waals surface area contributed by atoms with Gasteiger partial charge in [-0.2, -0.15) is 0 Å². The van der Waals surface area contributed by atoms with E-state index < -0.39 is 11.6 Å². The number of aryl methyl sites for hydroxylation is 1. The van der Waals surface area contributed by atoms with Gasteiger partial charge in [-0.15, -0.1) is 0 Å². The fourth-order valence-corrected chi connectivity index (χ4v) is 4.66. The van der Waals surface area contributed by atoms with Gasteiger partial charge in [-0.25, -0.2) is 8.78 Å². The van der Waals surface area contributed by atoms with E-state index in [2.05, 4.69) is 41.1 Å². The second kappa shape index (κ2) is 9.82. The summed E-state index contributed by atoms with van der Waals surface area (Å²) in [4.78, 5) is 20.4. The number of fused-ring (bicyclic) bond motifs is 1. The first-order chi connectivity index (χ1) is 15.5. The highest BCUT2D eigenvalue weighted by Gasteiger charge is 2.25. The number of H-pyrrole nitrogens is 1. The minimum Gasteiger partial charge on any atom is -0.350 e. The third kappa shape index (κ3) is 5.01. The van der Waals surface area contributed by atoms with Gasteiger partial charge in [0, 0.05) is 43.1 Å². The molecule has 1 fully saturated rings. The number of carbonyl (C=O) groups is 1. The van der Waals surface area contributed by atoms with E-state index in [9.17, 15) is 13.6 Å². The van der Waals surface area contributed by atoms with Gasteiger partial charge < -0.3 is 9.88 Å². The molecule has 1 unspecified atom stereocenters. The Morgan fingerprint density at radius 1 is 1.09 bits per heavy atom. The summed E-state index contributed by atoms with van der Waals surface area (Å²) >= 11 is 0. The molecule has 0 spiro atoms. The number of nitrogens with one attached hydrogen (secondary N) is 1. The predicted molar refractivity (Wildman–Crippen MR) is 124 cm³/mol. The Labute approximate surface area is 188 Å². The van der Waals surface area contributed by atoms with Gasteiger partial charge >= 0.3 is 0 Å². The van der Waals surface area contributed by atoms with Crippen LogP contribution in [0.15, 0.2) is 42.5 Å². The first-order valence-electron chi connectivity index (χ1n) is 11.5. The van der Waals surface area contributed by atoms with E-state index in [4.69, 9.17) is 0 Å². The van der Waals surface area contributed by atoms with Crippen LogP contribution in [0.2, 0.25) is 0 Å². The highest BCUT2D eigenvalue weighted by Crippen LogP contribution is 2.23. The van der Waals surface area contributed by atoms with Crippen molar-refractivity contribution < 1.29 is 13.6 Å². The number of hydrogen-bond acceptors (Lipinski definition) is 2. The molecule has 0 radical (unpaired) electrons. The second-order valence-corrected chi connectivity index (χ2v) is 8.79. The Morgan fingerprint density at radius 2 is 1.81 bits per heavy atom. The van der Waals surface area contributed by atoms with Gasteiger partial charge in [0.2, 0.25) is 0 Å². The van der Waals surface area contributed by atoms with Gasteiger partial charge in [0.15, 0.2) is 11.6 Å². The molecule has 1 amide bonds. The fourth-order valence-electron chi connectivity index (χ4n) is 4.66. The molecule has 2 aromatic carbocycles. The molecule has 1 aromatic heterocycles. The van der Waals surface area contributed by atoms with Crippen molar-refractivity contribution in [3.63, 3.8) is 0 Å². The molecule has 170 valence electrons. The van der Waals surface area contributed by atoms with Crippen LogP contribution in [0.4, 0.5) is 8.78 Å². The topological polar surface area (TPSA) is 39.3 Å². The zero-order chi connectivity index (χ0) is 22.7. The SMILES string of the molecule is CCc1ccc(CN2CCCC(CN(CC)C(=O)c3cc4cc(F)c(F)cc4[nH]3)C2)cc1. The molecule has 0 bridgehead atoms. The summed E-state index contributed by atoms with van der Waals surface area (Å²) in [5.74, 6) is -1.55. The molecule has 2 heterocycles. The van der Waals surface area contributed by atoms with Gasteiger partial charge in [0.1, 0.15) is 5.69 Å². The Bertz CT molecular complexity index is 1040. The van der Waals surface area contributed by atoms with E-state index in [1.165, 1.54) is 11.1 Å². The summed E-state index contributed by atoms with van der Waals surface area (Å²) < 4.78 is 27.1. The van der Waals surface area contributed by atoms with Crippen LogP contribution in [0.3, 0.4) is 0 Å². The molecule has 1 aliphatic rings. The number of aromatic nitrogens is 1. The number of rotatable bonds is 7. The van der Waals surface area contributed by atoms with Crippen LogP contribution in [0, 0.1) is 17.6 Å². The minimum atomic E-state index is -0.919. The first-order valence-corrected chi connectivity index (χ1v) is 11.5. The Kier molecular flexibility index (Phi) is 6.89. The quantitative estimate of drug-likeness (QED) is 0.537. The van der Waals surface area contributed by atoms with Crippen molar-refractivity contribution in [1.29, 1.82) is 0 Å². The van der Waals surface area contributed by atoms with E-state index in [-0.39, 0.29) is 5.91 Å². The average molecular weight is 440 g/mol. The minimum absolute atomic E-state index is 0.128. The first kappa shape index (κ1) is 22.5. The van der Waals surface area contributed by atoms with Crippen molar-refractivity contribution in [2.24, 2.45) is 5.92 Å². The van der Waals surface area contributed by atoms with Crippen LogP contribution < -0.4 is 0 Å². The Morgan fingerprint density at radius 3 is 2.53 bits per heavy atom. The molecule has 4 nitrogen and oxygen atoms in total. The van der Waals surface area contributed by atoms with Crippen LogP contribution in [0.1, 0.15) is 48.3 Å². The molecule has 6 heteroatoms. The molecule has 3 aromatic rings. The summed E-state index contributed by atoms with van der Waals surface area (Å²) in [6.07, 6.45) is 3.26. The number of hydrogen-bond donors (Lipinski definition) is 1. The summed E-state index contributed by atoms with van der Waals surface area (Å²) in [6, 6.07) is 12.7.